The fourth-order valence-electron chi connectivity index (χ4n) is 1.35. The summed E-state index contributed by atoms with van der Waals surface area (Å²) in [4.78, 5) is 11.7. The summed E-state index contributed by atoms with van der Waals surface area (Å²) in [6.45, 7) is 7.22. The Hall–Kier alpha value is -1.67. The Balaban J connectivity index is 2.37. The van der Waals surface area contributed by atoms with Crippen LogP contribution in [-0.2, 0) is 16.1 Å². The summed E-state index contributed by atoms with van der Waals surface area (Å²) in [7, 11) is 1.58. The van der Waals surface area contributed by atoms with E-state index in [4.69, 9.17) is 9.15 Å². The molecule has 1 aromatic rings. The fraction of sp³-hybridized carbons (Fsp3) is 0.750. The first kappa shape index (κ1) is 16.4. The Morgan fingerprint density at radius 3 is 2.75 bits per heavy atom. The van der Waals surface area contributed by atoms with Gasteiger partial charge in [-0.1, -0.05) is 18.9 Å². The number of hydrogen-bond donors (Lipinski definition) is 3. The lowest BCUT2D eigenvalue weighted by atomic mass is 10.3. The van der Waals surface area contributed by atoms with Crippen LogP contribution in [0.2, 0.25) is 0 Å². The Morgan fingerprint density at radius 1 is 1.35 bits per heavy atom. The Bertz CT molecular complexity index is 408. The summed E-state index contributed by atoms with van der Waals surface area (Å²) in [5.74, 6) is 0.329. The molecule has 8 nitrogen and oxygen atoms in total. The zero-order chi connectivity index (χ0) is 15.0. The number of nitrogens with zero attached hydrogens (tertiary/aromatic N) is 2. The second-order valence-corrected chi connectivity index (χ2v) is 4.69. The number of nitrogens with one attached hydrogen (secondary N) is 3. The number of rotatable bonds is 9. The van der Waals surface area contributed by atoms with Crippen LogP contribution in [0.1, 0.15) is 26.7 Å². The molecular weight excluding hydrogens is 262 g/mol. The van der Waals surface area contributed by atoms with Crippen LogP contribution in [-0.4, -0.2) is 48.4 Å². The van der Waals surface area contributed by atoms with E-state index in [1.54, 1.807) is 14.0 Å². The van der Waals surface area contributed by atoms with E-state index in [0.717, 1.165) is 0 Å². The van der Waals surface area contributed by atoms with Gasteiger partial charge in [0.1, 0.15) is 6.04 Å². The zero-order valence-electron chi connectivity index (χ0n) is 12.4. The van der Waals surface area contributed by atoms with Crippen LogP contribution in [0.3, 0.4) is 0 Å². The maximum atomic E-state index is 11.7. The molecule has 0 spiro atoms. The first-order chi connectivity index (χ1) is 9.52. The predicted octanol–water partition coefficient (Wildman–Crippen LogP) is 0.131. The first-order valence-electron chi connectivity index (χ1n) is 6.62. The van der Waals surface area contributed by atoms with Crippen LogP contribution in [0.5, 0.6) is 0 Å². The summed E-state index contributed by atoms with van der Waals surface area (Å²) in [5, 5.41) is 16.5. The van der Waals surface area contributed by atoms with Crippen molar-refractivity contribution in [3.8, 4) is 0 Å². The minimum atomic E-state index is -0.460. The molecule has 20 heavy (non-hydrogen) atoms. The molecule has 8 heteroatoms. The Morgan fingerprint density at radius 2 is 2.10 bits per heavy atom. The van der Waals surface area contributed by atoms with Gasteiger partial charge >= 0.3 is 6.01 Å². The van der Waals surface area contributed by atoms with Crippen LogP contribution in [0.25, 0.3) is 0 Å². The smallest absolute Gasteiger partial charge is 0.316 e. The first-order valence-corrected chi connectivity index (χ1v) is 6.62. The molecule has 0 saturated carbocycles. The zero-order valence-corrected chi connectivity index (χ0v) is 12.4. The molecule has 0 radical (unpaired) electrons. The van der Waals surface area contributed by atoms with Gasteiger partial charge in [0.2, 0.25) is 11.8 Å². The van der Waals surface area contributed by atoms with Gasteiger partial charge in [-0.15, -0.1) is 5.10 Å². The SMILES string of the molecule is COCCNC(=O)C(C)Nc1nnc(CNC(C)C)o1. The molecule has 0 aliphatic heterocycles. The van der Waals surface area contributed by atoms with Crippen LogP contribution >= 0.6 is 0 Å². The number of amides is 1. The van der Waals surface area contributed by atoms with E-state index in [2.05, 4.69) is 26.1 Å². The second kappa shape index (κ2) is 8.49. The summed E-state index contributed by atoms with van der Waals surface area (Å²) >= 11 is 0. The van der Waals surface area contributed by atoms with Crippen molar-refractivity contribution in [1.29, 1.82) is 0 Å². The minimum absolute atomic E-state index is 0.151. The quantitative estimate of drug-likeness (QED) is 0.554. The van der Waals surface area contributed by atoms with Crippen molar-refractivity contribution in [2.24, 2.45) is 0 Å². The van der Waals surface area contributed by atoms with Gasteiger partial charge in [0.05, 0.1) is 13.2 Å². The van der Waals surface area contributed by atoms with Gasteiger partial charge in [-0.2, -0.15) is 0 Å². The van der Waals surface area contributed by atoms with E-state index in [9.17, 15) is 4.79 Å². The van der Waals surface area contributed by atoms with Crippen molar-refractivity contribution in [1.82, 2.24) is 20.8 Å². The monoisotopic (exact) mass is 285 g/mol. The van der Waals surface area contributed by atoms with Crippen LogP contribution in [0.4, 0.5) is 6.01 Å². The highest BCUT2D eigenvalue weighted by atomic mass is 16.5. The Labute approximate surface area is 118 Å². The summed E-state index contributed by atoms with van der Waals surface area (Å²) < 4.78 is 10.2. The molecule has 1 heterocycles. The van der Waals surface area contributed by atoms with Gasteiger partial charge in [0, 0.05) is 19.7 Å². The van der Waals surface area contributed by atoms with Crippen LogP contribution in [0.15, 0.2) is 4.42 Å². The van der Waals surface area contributed by atoms with Gasteiger partial charge in [-0.3, -0.25) is 4.79 Å². The van der Waals surface area contributed by atoms with Crippen molar-refractivity contribution in [2.75, 3.05) is 25.6 Å². The molecule has 0 aromatic carbocycles. The molecular formula is C12H23N5O3. The third-order valence-corrected chi connectivity index (χ3v) is 2.47. The molecule has 0 fully saturated rings. The molecule has 1 unspecified atom stereocenters. The van der Waals surface area contributed by atoms with Gasteiger partial charge in [0.15, 0.2) is 0 Å². The molecule has 0 bridgehead atoms. The minimum Gasteiger partial charge on any atom is -0.407 e. The van der Waals surface area contributed by atoms with Gasteiger partial charge < -0.3 is 25.1 Å². The van der Waals surface area contributed by atoms with E-state index in [-0.39, 0.29) is 11.9 Å². The molecule has 1 amide bonds. The highest BCUT2D eigenvalue weighted by Gasteiger charge is 2.15. The topological polar surface area (TPSA) is 101 Å². The molecule has 0 saturated heterocycles. The lowest BCUT2D eigenvalue weighted by Crippen LogP contribution is -2.39. The molecule has 0 aliphatic rings. The number of hydrogen-bond acceptors (Lipinski definition) is 7. The van der Waals surface area contributed by atoms with E-state index >= 15 is 0 Å². The normalized spacial score (nSPS) is 12.4. The van der Waals surface area contributed by atoms with Gasteiger partial charge in [0.25, 0.3) is 0 Å². The number of aromatic nitrogens is 2. The highest BCUT2D eigenvalue weighted by molar-refractivity contribution is 5.83. The maximum absolute atomic E-state index is 11.7. The molecule has 1 atom stereocenters. The van der Waals surface area contributed by atoms with Crippen LogP contribution in [0, 0.1) is 0 Å². The average molecular weight is 285 g/mol. The van der Waals surface area contributed by atoms with Crippen molar-refractivity contribution in [3.05, 3.63) is 5.89 Å². The third-order valence-electron chi connectivity index (χ3n) is 2.47. The van der Waals surface area contributed by atoms with Crippen molar-refractivity contribution < 1.29 is 13.9 Å². The second-order valence-electron chi connectivity index (χ2n) is 4.69. The lowest BCUT2D eigenvalue weighted by Gasteiger charge is -2.11. The van der Waals surface area contributed by atoms with E-state index < -0.39 is 6.04 Å². The molecule has 1 rings (SSSR count). The lowest BCUT2D eigenvalue weighted by molar-refractivity contribution is -0.121. The van der Waals surface area contributed by atoms with Gasteiger partial charge in [-0.05, 0) is 6.92 Å². The number of anilines is 1. The van der Waals surface area contributed by atoms with Crippen molar-refractivity contribution >= 4 is 11.9 Å². The van der Waals surface area contributed by atoms with Crippen molar-refractivity contribution in [2.45, 2.75) is 39.4 Å². The number of carbonyl (C=O) groups excluding carboxylic acids is 1. The molecule has 114 valence electrons. The predicted molar refractivity (Wildman–Crippen MR) is 74.2 cm³/mol. The summed E-state index contributed by atoms with van der Waals surface area (Å²) in [6.07, 6.45) is 0. The molecule has 1 aromatic heterocycles. The maximum Gasteiger partial charge on any atom is 0.316 e. The van der Waals surface area contributed by atoms with E-state index in [0.29, 0.717) is 31.6 Å². The molecule has 0 aliphatic carbocycles. The average Bonchev–Trinajstić information content (AvgIpc) is 2.84. The summed E-state index contributed by atoms with van der Waals surface area (Å²) in [5.41, 5.74) is 0. The largest absolute Gasteiger partial charge is 0.407 e. The van der Waals surface area contributed by atoms with Crippen molar-refractivity contribution in [3.63, 3.8) is 0 Å². The third kappa shape index (κ3) is 5.98. The van der Waals surface area contributed by atoms with E-state index in [1.807, 2.05) is 13.8 Å². The molecule has 3 N–H and O–H groups in total. The number of methoxy groups -OCH3 is 1. The number of carbonyl (C=O) groups is 1. The Kier molecular flexibility index (Phi) is 6.96. The summed E-state index contributed by atoms with van der Waals surface area (Å²) in [6, 6.07) is 0.113. The fourth-order valence-corrected chi connectivity index (χ4v) is 1.35. The number of ether oxygens (including phenoxy) is 1. The standard InChI is InChI=1S/C12H23N5O3/c1-8(2)14-7-10-16-17-12(20-10)15-9(3)11(18)13-5-6-19-4/h8-9,14H,5-7H2,1-4H3,(H,13,18)(H,15,17). The van der Waals surface area contributed by atoms with Crippen LogP contribution < -0.4 is 16.0 Å². The highest BCUT2D eigenvalue weighted by Crippen LogP contribution is 2.07. The van der Waals surface area contributed by atoms with E-state index in [1.165, 1.54) is 0 Å². The van der Waals surface area contributed by atoms with Gasteiger partial charge in [-0.25, -0.2) is 0 Å².